The van der Waals surface area contributed by atoms with E-state index in [1.54, 1.807) is 36.4 Å². The summed E-state index contributed by atoms with van der Waals surface area (Å²) in [6.45, 7) is 0.708. The second-order valence-corrected chi connectivity index (χ2v) is 7.22. The number of rotatable bonds is 7. The van der Waals surface area contributed by atoms with Gasteiger partial charge >= 0.3 is 0 Å². The first-order chi connectivity index (χ1) is 13.4. The fourth-order valence-electron chi connectivity index (χ4n) is 2.52. The average molecular weight is 438 g/mol. The van der Waals surface area contributed by atoms with E-state index in [0.717, 1.165) is 11.1 Å². The Morgan fingerprint density at radius 2 is 1.61 bits per heavy atom. The number of nitrogens with zero attached hydrogens (tertiary/aromatic N) is 1. The Hall–Kier alpha value is -2.47. The molecule has 0 aromatic heterocycles. The maximum absolute atomic E-state index is 10.9. The maximum Gasteiger partial charge on any atom is 0.271 e. The van der Waals surface area contributed by atoms with E-state index in [4.69, 9.17) is 39.5 Å². The van der Waals surface area contributed by atoms with Gasteiger partial charge in [-0.05, 0) is 41.5 Å². The number of nitrogens with one attached hydrogen (secondary N) is 1. The SMILES string of the molecule is O=[N+]([O-])c1cccc(NCc2cc(Cl)c(OCc3ccc(Cl)cc3)c(Cl)c2)c1. The van der Waals surface area contributed by atoms with Crippen molar-refractivity contribution in [3.05, 3.63) is 97.0 Å². The Labute approximate surface area is 177 Å². The molecule has 1 N–H and O–H groups in total. The van der Waals surface area contributed by atoms with Crippen molar-refractivity contribution in [3.63, 3.8) is 0 Å². The molecular weight excluding hydrogens is 423 g/mol. The molecule has 0 heterocycles. The molecule has 0 bridgehead atoms. The van der Waals surface area contributed by atoms with Crippen molar-refractivity contribution >= 4 is 46.2 Å². The third-order valence-corrected chi connectivity index (χ3v) is 4.72. The highest BCUT2D eigenvalue weighted by atomic mass is 35.5. The highest BCUT2D eigenvalue weighted by Gasteiger charge is 2.11. The van der Waals surface area contributed by atoms with Gasteiger partial charge in [-0.1, -0.05) is 53.0 Å². The highest BCUT2D eigenvalue weighted by Crippen LogP contribution is 2.35. The van der Waals surface area contributed by atoms with E-state index >= 15 is 0 Å². The van der Waals surface area contributed by atoms with E-state index in [9.17, 15) is 10.1 Å². The number of nitro benzene ring substituents is 1. The van der Waals surface area contributed by atoms with Crippen molar-refractivity contribution in [2.75, 3.05) is 5.32 Å². The second-order valence-electron chi connectivity index (χ2n) is 5.96. The molecule has 0 aliphatic carbocycles. The predicted molar refractivity (Wildman–Crippen MR) is 113 cm³/mol. The number of anilines is 1. The summed E-state index contributed by atoms with van der Waals surface area (Å²) in [5, 5.41) is 15.4. The zero-order valence-electron chi connectivity index (χ0n) is 14.5. The molecule has 0 atom stereocenters. The van der Waals surface area contributed by atoms with Crippen molar-refractivity contribution < 1.29 is 9.66 Å². The molecule has 0 fully saturated rings. The van der Waals surface area contributed by atoms with Crippen LogP contribution in [0.25, 0.3) is 0 Å². The molecular formula is C20H15Cl3N2O3. The number of nitro groups is 1. The highest BCUT2D eigenvalue weighted by molar-refractivity contribution is 6.37. The van der Waals surface area contributed by atoms with Crippen LogP contribution in [-0.4, -0.2) is 4.92 Å². The Balaban J connectivity index is 1.66. The normalized spacial score (nSPS) is 10.5. The van der Waals surface area contributed by atoms with Gasteiger partial charge in [0.2, 0.25) is 0 Å². The average Bonchev–Trinajstić information content (AvgIpc) is 2.67. The minimum atomic E-state index is -0.439. The van der Waals surface area contributed by atoms with Crippen LogP contribution in [0.3, 0.4) is 0 Å². The molecule has 0 radical (unpaired) electrons. The van der Waals surface area contributed by atoms with E-state index in [1.807, 2.05) is 12.1 Å². The summed E-state index contributed by atoms with van der Waals surface area (Å²) in [7, 11) is 0. The Morgan fingerprint density at radius 1 is 0.929 bits per heavy atom. The number of hydrogen-bond acceptors (Lipinski definition) is 4. The first-order valence-electron chi connectivity index (χ1n) is 8.26. The van der Waals surface area contributed by atoms with E-state index in [-0.39, 0.29) is 5.69 Å². The van der Waals surface area contributed by atoms with Gasteiger partial charge in [-0.2, -0.15) is 0 Å². The Bertz CT molecular complexity index is 971. The van der Waals surface area contributed by atoms with Crippen LogP contribution in [0, 0.1) is 10.1 Å². The van der Waals surface area contributed by atoms with E-state index in [2.05, 4.69) is 5.32 Å². The first kappa shape index (κ1) is 20.3. The number of benzene rings is 3. The van der Waals surface area contributed by atoms with Gasteiger partial charge in [-0.15, -0.1) is 0 Å². The summed E-state index contributed by atoms with van der Waals surface area (Å²) in [4.78, 5) is 10.4. The molecule has 0 aliphatic heterocycles. The lowest BCUT2D eigenvalue weighted by Gasteiger charge is -2.13. The van der Waals surface area contributed by atoms with Gasteiger partial charge in [0, 0.05) is 29.4 Å². The minimum absolute atomic E-state index is 0.0204. The maximum atomic E-state index is 10.9. The fourth-order valence-corrected chi connectivity index (χ4v) is 3.29. The number of ether oxygens (including phenoxy) is 1. The van der Waals surface area contributed by atoms with Crippen LogP contribution in [0.5, 0.6) is 5.75 Å². The van der Waals surface area contributed by atoms with Gasteiger partial charge in [-0.3, -0.25) is 10.1 Å². The summed E-state index contributed by atoms with van der Waals surface area (Å²) in [5.74, 6) is 0.400. The number of non-ortho nitro benzene ring substituents is 1. The molecule has 8 heteroatoms. The van der Waals surface area contributed by atoms with Gasteiger partial charge in [0.15, 0.2) is 5.75 Å². The standard InChI is InChI=1S/C20H15Cl3N2O3/c21-15-6-4-13(5-7-15)12-28-20-18(22)8-14(9-19(20)23)11-24-16-2-1-3-17(10-16)25(26)27/h1-10,24H,11-12H2. The van der Waals surface area contributed by atoms with Gasteiger partial charge in [0.05, 0.1) is 15.0 Å². The molecule has 3 aromatic carbocycles. The van der Waals surface area contributed by atoms with Crippen molar-refractivity contribution in [2.45, 2.75) is 13.2 Å². The molecule has 0 saturated heterocycles. The lowest BCUT2D eigenvalue weighted by atomic mass is 10.2. The Morgan fingerprint density at radius 3 is 2.25 bits per heavy atom. The zero-order valence-corrected chi connectivity index (χ0v) is 16.8. The summed E-state index contributed by atoms with van der Waals surface area (Å²) in [6.07, 6.45) is 0. The summed E-state index contributed by atoms with van der Waals surface area (Å²) < 4.78 is 5.75. The summed E-state index contributed by atoms with van der Waals surface area (Å²) >= 11 is 18.5. The van der Waals surface area contributed by atoms with Crippen LogP contribution in [0.1, 0.15) is 11.1 Å². The summed E-state index contributed by atoms with van der Waals surface area (Å²) in [6, 6.07) is 17.1. The second kappa shape index (κ2) is 9.15. The molecule has 0 spiro atoms. The van der Waals surface area contributed by atoms with Gasteiger partial charge in [-0.25, -0.2) is 0 Å². The monoisotopic (exact) mass is 436 g/mol. The smallest absolute Gasteiger partial charge is 0.271 e. The quantitative estimate of drug-likeness (QED) is 0.328. The first-order valence-corrected chi connectivity index (χ1v) is 9.39. The van der Waals surface area contributed by atoms with Crippen LogP contribution < -0.4 is 10.1 Å². The van der Waals surface area contributed by atoms with Crippen LogP contribution in [0.4, 0.5) is 11.4 Å². The van der Waals surface area contributed by atoms with Crippen LogP contribution >= 0.6 is 34.8 Å². The molecule has 3 rings (SSSR count). The largest absolute Gasteiger partial charge is 0.486 e. The third kappa shape index (κ3) is 5.29. The minimum Gasteiger partial charge on any atom is -0.486 e. The molecule has 0 saturated carbocycles. The van der Waals surface area contributed by atoms with Crippen molar-refractivity contribution in [3.8, 4) is 5.75 Å². The molecule has 0 aliphatic rings. The lowest BCUT2D eigenvalue weighted by molar-refractivity contribution is -0.384. The molecule has 5 nitrogen and oxygen atoms in total. The van der Waals surface area contributed by atoms with Crippen LogP contribution in [-0.2, 0) is 13.2 Å². The van der Waals surface area contributed by atoms with Crippen molar-refractivity contribution in [2.24, 2.45) is 0 Å². The topological polar surface area (TPSA) is 64.4 Å². The molecule has 0 unspecified atom stereocenters. The molecule has 144 valence electrons. The van der Waals surface area contributed by atoms with Crippen molar-refractivity contribution in [1.29, 1.82) is 0 Å². The van der Waals surface area contributed by atoms with Crippen LogP contribution in [0.2, 0.25) is 15.1 Å². The third-order valence-electron chi connectivity index (χ3n) is 3.91. The Kier molecular flexibility index (Phi) is 6.62. The zero-order chi connectivity index (χ0) is 20.1. The van der Waals surface area contributed by atoms with Crippen LogP contribution in [0.15, 0.2) is 60.7 Å². The summed E-state index contributed by atoms with van der Waals surface area (Å²) in [5.41, 5.74) is 2.41. The number of halogens is 3. The van der Waals surface area contributed by atoms with Gasteiger partial charge in [0.1, 0.15) is 6.61 Å². The van der Waals surface area contributed by atoms with Crippen molar-refractivity contribution in [1.82, 2.24) is 0 Å². The van der Waals surface area contributed by atoms with E-state index < -0.39 is 4.92 Å². The lowest BCUT2D eigenvalue weighted by Crippen LogP contribution is -2.02. The number of hydrogen-bond donors (Lipinski definition) is 1. The predicted octanol–water partition coefficient (Wildman–Crippen LogP) is 6.75. The van der Waals surface area contributed by atoms with Gasteiger partial charge in [0.25, 0.3) is 5.69 Å². The molecule has 28 heavy (non-hydrogen) atoms. The fraction of sp³-hybridized carbons (Fsp3) is 0.100. The van der Waals surface area contributed by atoms with E-state index in [0.29, 0.717) is 39.7 Å². The van der Waals surface area contributed by atoms with E-state index in [1.165, 1.54) is 12.1 Å². The molecule has 3 aromatic rings. The molecule has 0 amide bonds. The van der Waals surface area contributed by atoms with Gasteiger partial charge < -0.3 is 10.1 Å².